The van der Waals surface area contributed by atoms with Gasteiger partial charge in [0.25, 0.3) is 0 Å². The van der Waals surface area contributed by atoms with Crippen LogP contribution in [0.5, 0.6) is 0 Å². The molecule has 0 aliphatic carbocycles. The molecule has 0 radical (unpaired) electrons. The van der Waals surface area contributed by atoms with Crippen molar-refractivity contribution in [3.63, 3.8) is 0 Å². The lowest BCUT2D eigenvalue weighted by molar-refractivity contribution is 0.503. The average molecular weight is 194 g/mol. The molecule has 0 aromatic carbocycles. The van der Waals surface area contributed by atoms with E-state index >= 15 is 0 Å². The van der Waals surface area contributed by atoms with Crippen LogP contribution in [0.2, 0.25) is 0 Å². The highest BCUT2D eigenvalue weighted by molar-refractivity contribution is 7.80. The summed E-state index contributed by atoms with van der Waals surface area (Å²) in [5.74, 6) is 2.53. The topological polar surface area (TPSA) is 26.3 Å². The number of hydrogen-bond donors (Lipinski definition) is 1. The predicted molar refractivity (Wildman–Crippen MR) is 53.1 cm³/mol. The van der Waals surface area contributed by atoms with Gasteiger partial charge in [0.1, 0.15) is 11.5 Å². The summed E-state index contributed by atoms with van der Waals surface area (Å²) >= 11 is 4.28. The molecule has 2 rings (SSSR count). The minimum absolute atomic E-state index is 0.776. The summed E-state index contributed by atoms with van der Waals surface area (Å²) in [7, 11) is 0. The first-order valence-corrected chi connectivity index (χ1v) is 4.47. The molecule has 2 heterocycles. The van der Waals surface area contributed by atoms with E-state index in [0.29, 0.717) is 0 Å². The standard InChI is InChI=1S/C10H10O2S/c1-6-5-8(7(2)12-6)10-9(13)3-4-11-10/h3-5,13H,1-2H3. The number of rotatable bonds is 1. The number of hydrogen-bond acceptors (Lipinski definition) is 3. The highest BCUT2D eigenvalue weighted by Gasteiger charge is 2.12. The molecular weight excluding hydrogens is 184 g/mol. The number of thiol groups is 1. The second-order valence-corrected chi connectivity index (χ2v) is 3.44. The van der Waals surface area contributed by atoms with E-state index in [9.17, 15) is 0 Å². The van der Waals surface area contributed by atoms with Crippen LogP contribution >= 0.6 is 12.6 Å². The van der Waals surface area contributed by atoms with Gasteiger partial charge in [0, 0.05) is 0 Å². The Morgan fingerprint density at radius 1 is 1.31 bits per heavy atom. The highest BCUT2D eigenvalue weighted by Crippen LogP contribution is 2.31. The van der Waals surface area contributed by atoms with Crippen LogP contribution in [0, 0.1) is 13.8 Å². The fourth-order valence-electron chi connectivity index (χ4n) is 1.36. The lowest BCUT2D eigenvalue weighted by Crippen LogP contribution is -1.73. The summed E-state index contributed by atoms with van der Waals surface area (Å²) in [5, 5.41) is 0. The van der Waals surface area contributed by atoms with E-state index in [4.69, 9.17) is 8.83 Å². The van der Waals surface area contributed by atoms with Gasteiger partial charge in [0.2, 0.25) is 0 Å². The Hall–Kier alpha value is -1.09. The summed E-state index contributed by atoms with van der Waals surface area (Å²) in [4.78, 5) is 0.837. The zero-order valence-corrected chi connectivity index (χ0v) is 8.39. The van der Waals surface area contributed by atoms with Crippen molar-refractivity contribution in [3.05, 3.63) is 29.9 Å². The lowest BCUT2D eigenvalue weighted by Gasteiger charge is -1.93. The molecule has 0 aliphatic heterocycles. The van der Waals surface area contributed by atoms with Crippen LogP contribution in [0.1, 0.15) is 11.5 Å². The normalized spacial score (nSPS) is 10.7. The molecule has 2 nitrogen and oxygen atoms in total. The molecule has 0 saturated heterocycles. The Labute approximate surface area is 82.0 Å². The molecule has 0 bridgehead atoms. The van der Waals surface area contributed by atoms with E-state index in [0.717, 1.165) is 27.7 Å². The van der Waals surface area contributed by atoms with Gasteiger partial charge >= 0.3 is 0 Å². The molecule has 0 saturated carbocycles. The van der Waals surface area contributed by atoms with E-state index in [1.807, 2.05) is 26.0 Å². The Kier molecular flexibility index (Phi) is 1.96. The molecule has 0 fully saturated rings. The van der Waals surface area contributed by atoms with Crippen LogP contribution in [-0.2, 0) is 0 Å². The summed E-state index contributed by atoms with van der Waals surface area (Å²) in [6.07, 6.45) is 1.62. The Bertz CT molecular complexity index is 426. The van der Waals surface area contributed by atoms with Crippen molar-refractivity contribution < 1.29 is 8.83 Å². The van der Waals surface area contributed by atoms with Crippen molar-refractivity contribution in [2.75, 3.05) is 0 Å². The van der Waals surface area contributed by atoms with Gasteiger partial charge in [-0.15, -0.1) is 12.6 Å². The fraction of sp³-hybridized carbons (Fsp3) is 0.200. The molecule has 2 aromatic heterocycles. The fourth-order valence-corrected chi connectivity index (χ4v) is 1.59. The first-order chi connectivity index (χ1) is 6.18. The van der Waals surface area contributed by atoms with Crippen molar-refractivity contribution in [1.29, 1.82) is 0 Å². The van der Waals surface area contributed by atoms with Crippen LogP contribution in [0.25, 0.3) is 11.3 Å². The molecule has 0 N–H and O–H groups in total. The molecule has 0 atom stereocenters. The second kappa shape index (κ2) is 3.00. The van der Waals surface area contributed by atoms with Gasteiger partial charge in [-0.2, -0.15) is 0 Å². The molecule has 0 amide bonds. The van der Waals surface area contributed by atoms with Crippen LogP contribution in [0.4, 0.5) is 0 Å². The van der Waals surface area contributed by atoms with E-state index < -0.39 is 0 Å². The summed E-state index contributed by atoms with van der Waals surface area (Å²) < 4.78 is 10.7. The maximum atomic E-state index is 5.40. The van der Waals surface area contributed by atoms with Crippen molar-refractivity contribution in [3.8, 4) is 11.3 Å². The maximum absolute atomic E-state index is 5.40. The molecule has 0 spiro atoms. The second-order valence-electron chi connectivity index (χ2n) is 2.96. The quantitative estimate of drug-likeness (QED) is 0.704. The van der Waals surface area contributed by atoms with Crippen molar-refractivity contribution in [2.45, 2.75) is 18.7 Å². The average Bonchev–Trinajstić information content (AvgIpc) is 2.58. The van der Waals surface area contributed by atoms with Crippen LogP contribution in [0.3, 0.4) is 0 Å². The van der Waals surface area contributed by atoms with Crippen molar-refractivity contribution >= 4 is 12.6 Å². The molecule has 68 valence electrons. The molecule has 0 aliphatic rings. The minimum atomic E-state index is 0.776. The van der Waals surface area contributed by atoms with Crippen LogP contribution in [-0.4, -0.2) is 0 Å². The smallest absolute Gasteiger partial charge is 0.150 e. The minimum Gasteiger partial charge on any atom is -0.466 e. The van der Waals surface area contributed by atoms with E-state index in [-0.39, 0.29) is 0 Å². The van der Waals surface area contributed by atoms with Crippen LogP contribution < -0.4 is 0 Å². The predicted octanol–water partition coefficient (Wildman–Crippen LogP) is 3.45. The summed E-state index contributed by atoms with van der Waals surface area (Å²) in [5.41, 5.74) is 0.979. The van der Waals surface area contributed by atoms with Gasteiger partial charge in [-0.1, -0.05) is 0 Å². The van der Waals surface area contributed by atoms with Gasteiger partial charge in [-0.25, -0.2) is 0 Å². The monoisotopic (exact) mass is 194 g/mol. The Balaban J connectivity index is 2.58. The summed E-state index contributed by atoms with van der Waals surface area (Å²) in [6, 6.07) is 3.77. The highest BCUT2D eigenvalue weighted by atomic mass is 32.1. The molecule has 0 unspecified atom stereocenters. The first kappa shape index (κ1) is 8.51. The van der Waals surface area contributed by atoms with Gasteiger partial charge in [0.15, 0.2) is 5.76 Å². The third-order valence-corrected chi connectivity index (χ3v) is 2.28. The largest absolute Gasteiger partial charge is 0.466 e. The van der Waals surface area contributed by atoms with Gasteiger partial charge in [-0.05, 0) is 26.0 Å². The van der Waals surface area contributed by atoms with Gasteiger partial charge in [0.05, 0.1) is 16.7 Å². The molecule has 3 heteroatoms. The van der Waals surface area contributed by atoms with E-state index in [1.54, 1.807) is 6.26 Å². The number of aryl methyl sites for hydroxylation is 2. The summed E-state index contributed by atoms with van der Waals surface area (Å²) in [6.45, 7) is 3.83. The van der Waals surface area contributed by atoms with E-state index in [1.165, 1.54) is 0 Å². The Morgan fingerprint density at radius 2 is 2.08 bits per heavy atom. The molecule has 2 aromatic rings. The SMILES string of the molecule is Cc1cc(-c2occc2S)c(C)o1. The maximum Gasteiger partial charge on any atom is 0.150 e. The van der Waals surface area contributed by atoms with Crippen molar-refractivity contribution in [1.82, 2.24) is 0 Å². The van der Waals surface area contributed by atoms with E-state index in [2.05, 4.69) is 12.6 Å². The van der Waals surface area contributed by atoms with Crippen molar-refractivity contribution in [2.24, 2.45) is 0 Å². The van der Waals surface area contributed by atoms with Crippen LogP contribution in [0.15, 0.2) is 32.1 Å². The molecule has 13 heavy (non-hydrogen) atoms. The van der Waals surface area contributed by atoms with Gasteiger partial charge < -0.3 is 8.83 Å². The zero-order chi connectivity index (χ0) is 9.42. The first-order valence-electron chi connectivity index (χ1n) is 4.02. The Morgan fingerprint density at radius 3 is 2.54 bits per heavy atom. The third-order valence-electron chi connectivity index (χ3n) is 1.93. The number of furan rings is 2. The van der Waals surface area contributed by atoms with Gasteiger partial charge in [-0.3, -0.25) is 0 Å². The third kappa shape index (κ3) is 1.40. The molecular formula is C10H10O2S. The zero-order valence-electron chi connectivity index (χ0n) is 7.50. The lowest BCUT2D eigenvalue weighted by atomic mass is 10.2.